The number of esters is 1. The summed E-state index contributed by atoms with van der Waals surface area (Å²) in [7, 11) is 0. The van der Waals surface area contributed by atoms with Crippen LogP contribution in [0.4, 0.5) is 0 Å². The molecule has 4 heteroatoms. The number of hydrogen-bond acceptors (Lipinski definition) is 4. The first kappa shape index (κ1) is 18.9. The summed E-state index contributed by atoms with van der Waals surface area (Å²) in [5.74, 6) is -1.20. The monoisotopic (exact) mass is 334 g/mol. The van der Waals surface area contributed by atoms with Crippen LogP contribution in [0.15, 0.2) is 30.3 Å². The first-order valence-electron chi connectivity index (χ1n) is 8.93. The van der Waals surface area contributed by atoms with Crippen LogP contribution in [0.3, 0.4) is 0 Å². The van der Waals surface area contributed by atoms with Crippen molar-refractivity contribution in [2.75, 3.05) is 6.61 Å². The third-order valence-corrected chi connectivity index (χ3v) is 4.37. The molecule has 1 aliphatic carbocycles. The van der Waals surface area contributed by atoms with Gasteiger partial charge in [-0.2, -0.15) is 0 Å². The number of carbonyl (C=O) groups excluding carboxylic acids is 1. The van der Waals surface area contributed by atoms with Crippen molar-refractivity contribution in [3.05, 3.63) is 35.9 Å². The van der Waals surface area contributed by atoms with Gasteiger partial charge >= 0.3 is 5.97 Å². The van der Waals surface area contributed by atoms with Crippen LogP contribution in [0.25, 0.3) is 0 Å². The summed E-state index contributed by atoms with van der Waals surface area (Å²) in [5.41, 5.74) is 0.578. The molecule has 1 saturated carbocycles. The maximum atomic E-state index is 11.8. The molecule has 0 heterocycles. The fraction of sp³-hybridized carbons (Fsp3) is 0.650. The van der Waals surface area contributed by atoms with Crippen LogP contribution >= 0.6 is 0 Å². The van der Waals surface area contributed by atoms with Crippen LogP contribution < -0.4 is 0 Å². The third kappa shape index (κ3) is 5.60. The van der Waals surface area contributed by atoms with E-state index in [4.69, 9.17) is 9.47 Å². The molecule has 0 unspecified atom stereocenters. The smallest absolute Gasteiger partial charge is 0.311 e. The molecule has 1 aromatic carbocycles. The Morgan fingerprint density at radius 3 is 2.42 bits per heavy atom. The van der Waals surface area contributed by atoms with Gasteiger partial charge < -0.3 is 14.6 Å². The molecule has 0 aliphatic heterocycles. The van der Waals surface area contributed by atoms with Crippen molar-refractivity contribution in [2.45, 2.75) is 71.2 Å². The second-order valence-corrected chi connectivity index (χ2v) is 7.70. The zero-order chi connectivity index (χ0) is 17.6. The Morgan fingerprint density at radius 1 is 1.21 bits per heavy atom. The predicted octanol–water partition coefficient (Wildman–Crippen LogP) is 4.38. The van der Waals surface area contributed by atoms with Gasteiger partial charge in [0.15, 0.2) is 5.79 Å². The third-order valence-electron chi connectivity index (χ3n) is 4.37. The minimum absolute atomic E-state index is 0.178. The maximum absolute atomic E-state index is 11.8. The predicted molar refractivity (Wildman–Crippen MR) is 93.3 cm³/mol. The first-order chi connectivity index (χ1) is 11.3. The lowest BCUT2D eigenvalue weighted by Crippen LogP contribution is -2.30. The second kappa shape index (κ2) is 8.13. The number of rotatable bonds is 7. The average molecular weight is 334 g/mol. The van der Waals surface area contributed by atoms with Crippen molar-refractivity contribution in [1.82, 2.24) is 0 Å². The van der Waals surface area contributed by atoms with Crippen LogP contribution in [-0.4, -0.2) is 23.5 Å². The van der Waals surface area contributed by atoms with E-state index >= 15 is 0 Å². The Balaban J connectivity index is 1.90. The molecule has 1 fully saturated rings. The van der Waals surface area contributed by atoms with Crippen LogP contribution in [0.2, 0.25) is 0 Å². The van der Waals surface area contributed by atoms with E-state index in [2.05, 4.69) is 0 Å². The molecule has 0 saturated heterocycles. The Hall–Kier alpha value is -1.39. The van der Waals surface area contributed by atoms with Gasteiger partial charge in [0.05, 0.1) is 18.1 Å². The topological polar surface area (TPSA) is 55.8 Å². The van der Waals surface area contributed by atoms with E-state index in [1.54, 1.807) is 0 Å². The molecule has 1 aromatic rings. The summed E-state index contributed by atoms with van der Waals surface area (Å²) in [6.45, 7) is 5.92. The summed E-state index contributed by atoms with van der Waals surface area (Å²) in [5, 5.41) is 10.6. The molecule has 1 aliphatic rings. The zero-order valence-corrected chi connectivity index (χ0v) is 15.1. The van der Waals surface area contributed by atoms with Crippen LogP contribution in [0.5, 0.6) is 0 Å². The largest absolute Gasteiger partial charge is 0.465 e. The van der Waals surface area contributed by atoms with Crippen molar-refractivity contribution >= 4 is 5.97 Å². The van der Waals surface area contributed by atoms with Crippen LogP contribution in [0, 0.1) is 5.41 Å². The first-order valence-corrected chi connectivity index (χ1v) is 8.93. The van der Waals surface area contributed by atoms with E-state index in [1.807, 2.05) is 51.1 Å². The number of benzene rings is 1. The summed E-state index contributed by atoms with van der Waals surface area (Å²) in [6, 6.07) is 9.96. The molecule has 1 N–H and O–H groups in total. The van der Waals surface area contributed by atoms with Gasteiger partial charge in [0.2, 0.25) is 0 Å². The van der Waals surface area contributed by atoms with Gasteiger partial charge in [0, 0.05) is 12.8 Å². The lowest BCUT2D eigenvalue weighted by atomic mass is 9.97. The summed E-state index contributed by atoms with van der Waals surface area (Å²) >= 11 is 0. The Labute approximate surface area is 145 Å². The molecule has 0 aromatic heterocycles. The fourth-order valence-corrected chi connectivity index (χ4v) is 2.92. The molecule has 134 valence electrons. The molecule has 0 amide bonds. The van der Waals surface area contributed by atoms with Gasteiger partial charge in [-0.1, -0.05) is 30.3 Å². The summed E-state index contributed by atoms with van der Waals surface area (Å²) in [4.78, 5) is 11.8. The molecule has 1 atom stereocenters. The zero-order valence-electron chi connectivity index (χ0n) is 15.1. The van der Waals surface area contributed by atoms with E-state index < -0.39 is 11.2 Å². The molecular formula is C20H30O4. The molecule has 2 rings (SSSR count). The molecular weight excluding hydrogens is 304 g/mol. The number of carbonyl (C=O) groups is 1. The maximum Gasteiger partial charge on any atom is 0.311 e. The standard InChI is InChI=1S/C20H30O4/c1-19(2,3)18(21)23-15-9-12-17(16-10-5-4-6-11-16)24-20(22)13-7-8-14-20/h4-6,10-11,17,22H,7-9,12-15H2,1-3H3/t17-/m1/s1. The van der Waals surface area contributed by atoms with Gasteiger partial charge in [-0.25, -0.2) is 0 Å². The van der Waals surface area contributed by atoms with Crippen LogP contribution in [-0.2, 0) is 14.3 Å². The lowest BCUT2D eigenvalue weighted by molar-refractivity contribution is -0.229. The van der Waals surface area contributed by atoms with Gasteiger partial charge in [0.25, 0.3) is 0 Å². The van der Waals surface area contributed by atoms with E-state index in [9.17, 15) is 9.90 Å². The van der Waals surface area contributed by atoms with Crippen molar-refractivity contribution < 1.29 is 19.4 Å². The molecule has 4 nitrogen and oxygen atoms in total. The fourth-order valence-electron chi connectivity index (χ4n) is 2.92. The lowest BCUT2D eigenvalue weighted by Gasteiger charge is -2.29. The van der Waals surface area contributed by atoms with Gasteiger partial charge in [-0.05, 0) is 52.0 Å². The van der Waals surface area contributed by atoms with E-state index in [1.165, 1.54) is 0 Å². The Bertz CT molecular complexity index is 512. The highest BCUT2D eigenvalue weighted by Crippen LogP contribution is 2.37. The van der Waals surface area contributed by atoms with E-state index in [-0.39, 0.29) is 12.1 Å². The van der Waals surface area contributed by atoms with Crippen molar-refractivity contribution in [1.29, 1.82) is 0 Å². The minimum Gasteiger partial charge on any atom is -0.465 e. The highest BCUT2D eigenvalue weighted by Gasteiger charge is 2.35. The van der Waals surface area contributed by atoms with Gasteiger partial charge in [0.1, 0.15) is 0 Å². The quantitative estimate of drug-likeness (QED) is 0.457. The molecule has 0 spiro atoms. The minimum atomic E-state index is -1.01. The summed E-state index contributed by atoms with van der Waals surface area (Å²) < 4.78 is 11.4. The SMILES string of the molecule is CC(C)(C)C(=O)OCCC[C@@H](OC1(O)CCCC1)c1ccccc1. The van der Waals surface area contributed by atoms with Crippen molar-refractivity contribution in [3.8, 4) is 0 Å². The number of ether oxygens (including phenoxy) is 2. The molecule has 24 heavy (non-hydrogen) atoms. The number of hydrogen-bond donors (Lipinski definition) is 1. The highest BCUT2D eigenvalue weighted by molar-refractivity contribution is 5.75. The summed E-state index contributed by atoms with van der Waals surface area (Å²) in [6.07, 6.45) is 4.62. The normalized spacial score (nSPS) is 18.3. The van der Waals surface area contributed by atoms with E-state index in [0.29, 0.717) is 32.3 Å². The van der Waals surface area contributed by atoms with Crippen molar-refractivity contribution in [2.24, 2.45) is 5.41 Å². The second-order valence-electron chi connectivity index (χ2n) is 7.70. The Morgan fingerprint density at radius 2 is 1.83 bits per heavy atom. The average Bonchev–Trinajstić information content (AvgIpc) is 2.96. The molecule has 0 bridgehead atoms. The van der Waals surface area contributed by atoms with Gasteiger partial charge in [-0.15, -0.1) is 0 Å². The Kier molecular flexibility index (Phi) is 6.41. The number of aliphatic hydroxyl groups is 1. The van der Waals surface area contributed by atoms with Crippen molar-refractivity contribution in [3.63, 3.8) is 0 Å². The van der Waals surface area contributed by atoms with E-state index in [0.717, 1.165) is 18.4 Å². The molecule has 0 radical (unpaired) electrons. The van der Waals surface area contributed by atoms with Gasteiger partial charge in [-0.3, -0.25) is 4.79 Å². The van der Waals surface area contributed by atoms with Crippen LogP contribution in [0.1, 0.15) is 71.0 Å². The highest BCUT2D eigenvalue weighted by atomic mass is 16.6.